The first-order valence-electron chi connectivity index (χ1n) is 7.85. The van der Waals surface area contributed by atoms with Crippen molar-refractivity contribution in [3.05, 3.63) is 35.4 Å². The molecule has 0 aromatic heterocycles. The van der Waals surface area contributed by atoms with Crippen LogP contribution in [0.2, 0.25) is 0 Å². The molecule has 20 heavy (non-hydrogen) atoms. The van der Waals surface area contributed by atoms with E-state index in [1.807, 2.05) is 0 Å². The predicted octanol–water partition coefficient (Wildman–Crippen LogP) is 5.50. The molecule has 1 unspecified atom stereocenters. The second kappa shape index (κ2) is 9.87. The van der Waals surface area contributed by atoms with Gasteiger partial charge in [0, 0.05) is 12.1 Å². The molecule has 0 bridgehead atoms. The van der Waals surface area contributed by atoms with Crippen LogP contribution in [0.3, 0.4) is 0 Å². The zero-order chi connectivity index (χ0) is 14.8. The third-order valence-electron chi connectivity index (χ3n) is 3.68. The number of hydrogen-bond acceptors (Lipinski definition) is 1. The molecule has 0 saturated heterocycles. The Kier molecular flexibility index (Phi) is 8.43. The van der Waals surface area contributed by atoms with Crippen LogP contribution in [-0.4, -0.2) is 0 Å². The molecule has 2 N–H and O–H groups in total. The molecule has 1 rings (SSSR count). The van der Waals surface area contributed by atoms with Crippen LogP contribution < -0.4 is 5.73 Å². The highest BCUT2D eigenvalue weighted by Crippen LogP contribution is 2.20. The van der Waals surface area contributed by atoms with E-state index in [0.29, 0.717) is 5.56 Å². The van der Waals surface area contributed by atoms with Crippen LogP contribution in [0.1, 0.15) is 76.3 Å². The number of benzene rings is 1. The number of hydrogen-bond donors (Lipinski definition) is 1. The Morgan fingerprint density at radius 2 is 1.35 bits per heavy atom. The van der Waals surface area contributed by atoms with Gasteiger partial charge in [-0.1, -0.05) is 58.3 Å². The highest BCUT2D eigenvalue weighted by atomic mass is 19.1. The Bertz CT molecular complexity index is 359. The number of unbranched alkanes of at least 4 members (excludes halogenated alkanes) is 7. The SMILES string of the molecule is CCCCCCCCCCC(N)c1cc(F)cc(F)c1. The first-order chi connectivity index (χ1) is 9.63. The molecule has 0 saturated carbocycles. The summed E-state index contributed by atoms with van der Waals surface area (Å²) in [5, 5.41) is 0. The van der Waals surface area contributed by atoms with Gasteiger partial charge in [0.2, 0.25) is 0 Å². The van der Waals surface area contributed by atoms with Crippen LogP contribution in [0.25, 0.3) is 0 Å². The highest BCUT2D eigenvalue weighted by Gasteiger charge is 2.08. The maximum absolute atomic E-state index is 13.1. The molecule has 3 heteroatoms. The smallest absolute Gasteiger partial charge is 0.126 e. The van der Waals surface area contributed by atoms with Crippen LogP contribution in [-0.2, 0) is 0 Å². The van der Waals surface area contributed by atoms with Gasteiger partial charge in [-0.05, 0) is 24.1 Å². The lowest BCUT2D eigenvalue weighted by molar-refractivity contribution is 0.528. The van der Waals surface area contributed by atoms with Crippen LogP contribution in [0.4, 0.5) is 8.78 Å². The van der Waals surface area contributed by atoms with E-state index in [1.54, 1.807) is 0 Å². The summed E-state index contributed by atoms with van der Waals surface area (Å²) in [6.45, 7) is 2.22. The fourth-order valence-corrected chi connectivity index (χ4v) is 2.45. The molecule has 0 amide bonds. The van der Waals surface area contributed by atoms with E-state index in [1.165, 1.54) is 50.7 Å². The van der Waals surface area contributed by atoms with Gasteiger partial charge in [-0.15, -0.1) is 0 Å². The lowest BCUT2D eigenvalue weighted by Gasteiger charge is -2.12. The molecule has 1 aromatic rings. The molecule has 0 fully saturated rings. The monoisotopic (exact) mass is 283 g/mol. The molecule has 0 heterocycles. The lowest BCUT2D eigenvalue weighted by Crippen LogP contribution is -2.10. The molecule has 0 aliphatic carbocycles. The number of rotatable bonds is 10. The van der Waals surface area contributed by atoms with Crippen molar-refractivity contribution in [3.63, 3.8) is 0 Å². The Labute approximate surface area is 121 Å². The minimum atomic E-state index is -0.550. The lowest BCUT2D eigenvalue weighted by atomic mass is 10.00. The predicted molar refractivity (Wildman–Crippen MR) is 80.5 cm³/mol. The van der Waals surface area contributed by atoms with Gasteiger partial charge in [-0.3, -0.25) is 0 Å². The molecular weight excluding hydrogens is 256 g/mol. The molecule has 1 atom stereocenters. The Balaban J connectivity index is 2.15. The van der Waals surface area contributed by atoms with Crippen molar-refractivity contribution in [1.29, 1.82) is 0 Å². The maximum atomic E-state index is 13.1. The molecule has 114 valence electrons. The highest BCUT2D eigenvalue weighted by molar-refractivity contribution is 5.20. The summed E-state index contributed by atoms with van der Waals surface area (Å²) in [7, 11) is 0. The molecule has 0 spiro atoms. The van der Waals surface area contributed by atoms with Crippen LogP contribution in [0.5, 0.6) is 0 Å². The summed E-state index contributed by atoms with van der Waals surface area (Å²) in [6.07, 6.45) is 10.7. The Hall–Kier alpha value is -0.960. The molecule has 1 aromatic carbocycles. The summed E-state index contributed by atoms with van der Waals surface area (Å²) in [5.74, 6) is -1.10. The van der Waals surface area contributed by atoms with E-state index >= 15 is 0 Å². The average Bonchev–Trinajstić information content (AvgIpc) is 2.40. The summed E-state index contributed by atoms with van der Waals surface area (Å²) < 4.78 is 26.2. The fraction of sp³-hybridized carbons (Fsp3) is 0.647. The van der Waals surface area contributed by atoms with E-state index in [0.717, 1.165) is 25.3 Å². The molecule has 0 aliphatic rings. The third-order valence-corrected chi connectivity index (χ3v) is 3.68. The summed E-state index contributed by atoms with van der Waals surface area (Å²) in [6, 6.07) is 3.28. The van der Waals surface area contributed by atoms with Crippen molar-refractivity contribution in [1.82, 2.24) is 0 Å². The Morgan fingerprint density at radius 3 is 1.90 bits per heavy atom. The van der Waals surface area contributed by atoms with E-state index in [9.17, 15) is 8.78 Å². The summed E-state index contributed by atoms with van der Waals surface area (Å²) >= 11 is 0. The second-order valence-corrected chi connectivity index (χ2v) is 5.57. The van der Waals surface area contributed by atoms with Crippen molar-refractivity contribution in [2.45, 2.75) is 70.8 Å². The minimum absolute atomic E-state index is 0.264. The average molecular weight is 283 g/mol. The second-order valence-electron chi connectivity index (χ2n) is 5.57. The first kappa shape index (κ1) is 17.1. The van der Waals surface area contributed by atoms with Gasteiger partial charge >= 0.3 is 0 Å². The van der Waals surface area contributed by atoms with E-state index in [-0.39, 0.29) is 6.04 Å². The third kappa shape index (κ3) is 6.99. The minimum Gasteiger partial charge on any atom is -0.324 e. The summed E-state index contributed by atoms with van der Waals surface area (Å²) in [5.41, 5.74) is 6.54. The largest absolute Gasteiger partial charge is 0.324 e. The standard InChI is InChI=1S/C17H27F2N/c1-2-3-4-5-6-7-8-9-10-17(20)14-11-15(18)13-16(19)12-14/h11-13,17H,2-10,20H2,1H3. The maximum Gasteiger partial charge on any atom is 0.126 e. The number of nitrogens with two attached hydrogens (primary N) is 1. The van der Waals surface area contributed by atoms with Crippen molar-refractivity contribution in [3.8, 4) is 0 Å². The Morgan fingerprint density at radius 1 is 0.850 bits per heavy atom. The zero-order valence-electron chi connectivity index (χ0n) is 12.5. The van der Waals surface area contributed by atoms with Crippen molar-refractivity contribution in [2.75, 3.05) is 0 Å². The first-order valence-corrected chi connectivity index (χ1v) is 7.85. The van der Waals surface area contributed by atoms with Crippen LogP contribution in [0.15, 0.2) is 18.2 Å². The fourth-order valence-electron chi connectivity index (χ4n) is 2.45. The van der Waals surface area contributed by atoms with Crippen molar-refractivity contribution >= 4 is 0 Å². The topological polar surface area (TPSA) is 26.0 Å². The van der Waals surface area contributed by atoms with E-state index < -0.39 is 11.6 Å². The van der Waals surface area contributed by atoms with Crippen LogP contribution >= 0.6 is 0 Å². The van der Waals surface area contributed by atoms with E-state index in [2.05, 4.69) is 6.92 Å². The van der Waals surface area contributed by atoms with Crippen molar-refractivity contribution < 1.29 is 8.78 Å². The van der Waals surface area contributed by atoms with Gasteiger partial charge < -0.3 is 5.73 Å². The zero-order valence-corrected chi connectivity index (χ0v) is 12.5. The van der Waals surface area contributed by atoms with Gasteiger partial charge in [0.15, 0.2) is 0 Å². The quantitative estimate of drug-likeness (QED) is 0.564. The van der Waals surface area contributed by atoms with Crippen LogP contribution in [0, 0.1) is 11.6 Å². The normalized spacial score (nSPS) is 12.6. The van der Waals surface area contributed by atoms with Gasteiger partial charge in [-0.25, -0.2) is 8.78 Å². The van der Waals surface area contributed by atoms with Gasteiger partial charge in [-0.2, -0.15) is 0 Å². The van der Waals surface area contributed by atoms with Gasteiger partial charge in [0.25, 0.3) is 0 Å². The molecule has 0 radical (unpaired) electrons. The van der Waals surface area contributed by atoms with Gasteiger partial charge in [0.05, 0.1) is 0 Å². The number of halogens is 2. The molecule has 0 aliphatic heterocycles. The summed E-state index contributed by atoms with van der Waals surface area (Å²) in [4.78, 5) is 0. The molecular formula is C17H27F2N. The van der Waals surface area contributed by atoms with Gasteiger partial charge in [0.1, 0.15) is 11.6 Å². The van der Waals surface area contributed by atoms with E-state index in [4.69, 9.17) is 5.73 Å². The van der Waals surface area contributed by atoms with Crippen molar-refractivity contribution in [2.24, 2.45) is 5.73 Å². The molecule has 1 nitrogen and oxygen atoms in total.